The average Bonchev–Trinajstić information content (AvgIpc) is 3.60. The molecule has 0 amide bonds. The summed E-state index contributed by atoms with van der Waals surface area (Å²) in [7, 11) is 0. The number of benzene rings is 2. The molecular weight excluding hydrogens is 472 g/mol. The predicted molar refractivity (Wildman–Crippen MR) is 137 cm³/mol. The van der Waals surface area contributed by atoms with Gasteiger partial charge in [-0.2, -0.15) is 0 Å². The van der Waals surface area contributed by atoms with E-state index >= 15 is 0 Å². The molecule has 10 heteroatoms. The van der Waals surface area contributed by atoms with Crippen molar-refractivity contribution in [2.75, 3.05) is 26.4 Å². The highest BCUT2D eigenvalue weighted by Gasteiger charge is 2.21. The summed E-state index contributed by atoms with van der Waals surface area (Å²) in [6.07, 6.45) is 3.07. The smallest absolute Gasteiger partial charge is 0.252 e. The van der Waals surface area contributed by atoms with Gasteiger partial charge in [0.05, 0.1) is 24.7 Å². The lowest BCUT2D eigenvalue weighted by Gasteiger charge is -2.22. The molecule has 1 saturated heterocycles. The first-order chi connectivity index (χ1) is 18.2. The lowest BCUT2D eigenvalue weighted by atomic mass is 10.1. The zero-order valence-electron chi connectivity index (χ0n) is 20.6. The number of aromatic amines is 1. The van der Waals surface area contributed by atoms with Crippen molar-refractivity contribution in [3.05, 3.63) is 75.8 Å². The molecule has 2 aliphatic heterocycles. The Kier molecular flexibility index (Phi) is 6.83. The van der Waals surface area contributed by atoms with E-state index in [-0.39, 0.29) is 11.7 Å². The molecule has 0 bridgehead atoms. The van der Waals surface area contributed by atoms with Crippen molar-refractivity contribution < 1.29 is 14.2 Å². The van der Waals surface area contributed by atoms with E-state index in [1.807, 2.05) is 41.1 Å². The van der Waals surface area contributed by atoms with Crippen LogP contribution in [0, 0.1) is 0 Å². The quantitative estimate of drug-likeness (QED) is 0.372. The number of H-pyrrole nitrogens is 1. The van der Waals surface area contributed by atoms with Gasteiger partial charge in [0.1, 0.15) is 13.2 Å². The molecular formula is C27H30N6O4. The Morgan fingerprint density at radius 2 is 1.86 bits per heavy atom. The first-order valence-corrected chi connectivity index (χ1v) is 12.8. The van der Waals surface area contributed by atoms with Crippen molar-refractivity contribution in [3.63, 3.8) is 0 Å². The molecule has 0 aliphatic carbocycles. The molecule has 1 atom stereocenters. The summed E-state index contributed by atoms with van der Waals surface area (Å²) in [4.78, 5) is 18.3. The van der Waals surface area contributed by atoms with Gasteiger partial charge < -0.3 is 19.2 Å². The van der Waals surface area contributed by atoms with E-state index in [4.69, 9.17) is 14.2 Å². The van der Waals surface area contributed by atoms with E-state index in [1.54, 1.807) is 0 Å². The zero-order chi connectivity index (χ0) is 25.0. The van der Waals surface area contributed by atoms with Crippen LogP contribution in [0.25, 0.3) is 10.9 Å². The Hall–Kier alpha value is -3.76. The summed E-state index contributed by atoms with van der Waals surface area (Å²) < 4.78 is 19.0. The number of rotatable bonds is 9. The molecule has 192 valence electrons. The maximum absolute atomic E-state index is 13.1. The molecule has 1 N–H and O–H groups in total. The highest BCUT2D eigenvalue weighted by molar-refractivity contribution is 5.83. The Morgan fingerprint density at radius 1 is 1.03 bits per heavy atom. The summed E-state index contributed by atoms with van der Waals surface area (Å²) in [5.41, 5.74) is 2.53. The van der Waals surface area contributed by atoms with Crippen LogP contribution in [-0.2, 0) is 30.8 Å². The third-order valence-electron chi connectivity index (χ3n) is 6.91. The summed E-state index contributed by atoms with van der Waals surface area (Å²) in [6.45, 7) is 4.17. The van der Waals surface area contributed by atoms with Crippen LogP contribution in [0.3, 0.4) is 0 Å². The number of pyridine rings is 1. The van der Waals surface area contributed by atoms with Gasteiger partial charge in [0.15, 0.2) is 17.3 Å². The molecule has 0 saturated carbocycles. The van der Waals surface area contributed by atoms with Crippen molar-refractivity contribution >= 4 is 10.9 Å². The van der Waals surface area contributed by atoms with Gasteiger partial charge in [0.2, 0.25) is 0 Å². The number of nitrogens with zero attached hydrogens (tertiary/aromatic N) is 5. The number of aromatic nitrogens is 5. The third-order valence-corrected chi connectivity index (χ3v) is 6.91. The maximum atomic E-state index is 13.1. The van der Waals surface area contributed by atoms with Gasteiger partial charge >= 0.3 is 0 Å². The van der Waals surface area contributed by atoms with Crippen LogP contribution in [0.15, 0.2) is 53.3 Å². The number of tetrazole rings is 1. The lowest BCUT2D eigenvalue weighted by Crippen LogP contribution is -2.30. The monoisotopic (exact) mass is 502 g/mol. The fourth-order valence-electron chi connectivity index (χ4n) is 4.95. The van der Waals surface area contributed by atoms with E-state index in [0.29, 0.717) is 49.9 Å². The van der Waals surface area contributed by atoms with E-state index < -0.39 is 0 Å². The van der Waals surface area contributed by atoms with Crippen molar-refractivity contribution in [3.8, 4) is 11.5 Å². The van der Waals surface area contributed by atoms with Crippen LogP contribution in [0.2, 0.25) is 0 Å². The van der Waals surface area contributed by atoms with Gasteiger partial charge in [-0.05, 0) is 47.4 Å². The minimum Gasteiger partial charge on any atom is -0.486 e. The van der Waals surface area contributed by atoms with Crippen LogP contribution in [0.1, 0.15) is 29.8 Å². The van der Waals surface area contributed by atoms with Gasteiger partial charge in [0.25, 0.3) is 5.56 Å². The molecule has 4 heterocycles. The second-order valence-corrected chi connectivity index (χ2v) is 9.57. The van der Waals surface area contributed by atoms with Crippen molar-refractivity contribution in [1.82, 2.24) is 30.1 Å². The summed E-state index contributed by atoms with van der Waals surface area (Å²) in [5, 5.41) is 13.4. The van der Waals surface area contributed by atoms with E-state index in [0.717, 1.165) is 49.1 Å². The van der Waals surface area contributed by atoms with Crippen molar-refractivity contribution in [1.29, 1.82) is 0 Å². The van der Waals surface area contributed by atoms with Crippen molar-refractivity contribution in [2.45, 2.75) is 45.0 Å². The van der Waals surface area contributed by atoms with Crippen LogP contribution < -0.4 is 15.0 Å². The standard InChI is InChI=1S/C27H30N6O4/c34-27-21(13-20-14-24-25(15-23(20)28-27)37-12-11-36-24)16-32(9-8-19-5-2-1-3-6-19)18-26-29-30-31-33(26)17-22-7-4-10-35-22/h1-3,5-6,13-15,22H,4,7-12,16-18H2,(H,28,34)/t22-/m1/s1. The first-order valence-electron chi connectivity index (χ1n) is 12.8. The van der Waals surface area contributed by atoms with Crippen molar-refractivity contribution in [2.24, 2.45) is 0 Å². The molecule has 0 unspecified atom stereocenters. The highest BCUT2D eigenvalue weighted by Crippen LogP contribution is 2.33. The Labute approximate surface area is 214 Å². The molecule has 1 fully saturated rings. The lowest BCUT2D eigenvalue weighted by molar-refractivity contribution is 0.0916. The number of hydrogen-bond acceptors (Lipinski definition) is 8. The summed E-state index contributed by atoms with van der Waals surface area (Å²) in [5.74, 6) is 2.12. The average molecular weight is 503 g/mol. The van der Waals surface area contributed by atoms with Gasteiger partial charge in [-0.3, -0.25) is 9.69 Å². The van der Waals surface area contributed by atoms with Gasteiger partial charge in [-0.25, -0.2) is 4.68 Å². The molecule has 10 nitrogen and oxygen atoms in total. The van der Waals surface area contributed by atoms with Crippen LogP contribution in [-0.4, -0.2) is 62.6 Å². The van der Waals surface area contributed by atoms with Crippen LogP contribution >= 0.6 is 0 Å². The molecule has 6 rings (SSSR count). The minimum absolute atomic E-state index is 0.118. The highest BCUT2D eigenvalue weighted by atomic mass is 16.6. The number of fused-ring (bicyclic) bond motifs is 2. The second-order valence-electron chi connectivity index (χ2n) is 9.57. The SMILES string of the molecule is O=c1[nH]c2cc3c(cc2cc1CN(CCc1ccccc1)Cc1nnnn1C[C@H]1CCCO1)OCCO3. The normalized spacial score (nSPS) is 17.1. The molecule has 2 aliphatic rings. The Balaban J connectivity index is 1.26. The number of nitrogens with one attached hydrogen (secondary N) is 1. The number of ether oxygens (including phenoxy) is 3. The maximum Gasteiger partial charge on any atom is 0.252 e. The predicted octanol–water partition coefficient (Wildman–Crippen LogP) is 2.71. The van der Waals surface area contributed by atoms with E-state index in [9.17, 15) is 4.79 Å². The molecule has 2 aromatic carbocycles. The topological polar surface area (TPSA) is 107 Å². The molecule has 0 radical (unpaired) electrons. The fraction of sp³-hybridized carbons (Fsp3) is 0.407. The zero-order valence-corrected chi connectivity index (χ0v) is 20.6. The van der Waals surface area contributed by atoms with Gasteiger partial charge in [-0.15, -0.1) is 5.10 Å². The summed E-state index contributed by atoms with van der Waals surface area (Å²) in [6, 6.07) is 16.0. The second kappa shape index (κ2) is 10.7. The fourth-order valence-corrected chi connectivity index (χ4v) is 4.95. The third kappa shape index (κ3) is 5.50. The van der Waals surface area contributed by atoms with Gasteiger partial charge in [0, 0.05) is 36.7 Å². The Morgan fingerprint density at radius 3 is 2.68 bits per heavy atom. The van der Waals surface area contributed by atoms with Crippen LogP contribution in [0.4, 0.5) is 0 Å². The van der Waals surface area contributed by atoms with E-state index in [1.165, 1.54) is 5.56 Å². The molecule has 37 heavy (non-hydrogen) atoms. The van der Waals surface area contributed by atoms with Crippen LogP contribution in [0.5, 0.6) is 11.5 Å². The minimum atomic E-state index is -0.118. The first kappa shape index (κ1) is 23.6. The number of hydrogen-bond donors (Lipinski definition) is 1. The van der Waals surface area contributed by atoms with E-state index in [2.05, 4.69) is 37.5 Å². The Bertz CT molecular complexity index is 1410. The molecule has 0 spiro atoms. The molecule has 4 aromatic rings. The molecule has 2 aromatic heterocycles. The summed E-state index contributed by atoms with van der Waals surface area (Å²) >= 11 is 0. The largest absolute Gasteiger partial charge is 0.486 e. The van der Waals surface area contributed by atoms with Gasteiger partial charge in [-0.1, -0.05) is 30.3 Å².